The molecular formula is C14H15ClN4O3. The quantitative estimate of drug-likeness (QED) is 0.491. The van der Waals surface area contributed by atoms with Crippen LogP contribution < -0.4 is 0 Å². The Morgan fingerprint density at radius 1 is 1.36 bits per heavy atom. The maximum Gasteiger partial charge on any atom is 0.507 e. The van der Waals surface area contributed by atoms with Crippen molar-refractivity contribution in [2.24, 2.45) is 5.92 Å². The van der Waals surface area contributed by atoms with Crippen molar-refractivity contribution in [1.82, 2.24) is 19.5 Å². The van der Waals surface area contributed by atoms with E-state index in [1.54, 1.807) is 6.33 Å². The molecule has 0 aliphatic heterocycles. The van der Waals surface area contributed by atoms with Gasteiger partial charge >= 0.3 is 6.16 Å². The smallest absolute Gasteiger partial charge is 0.438 e. The van der Waals surface area contributed by atoms with Gasteiger partial charge in [0.25, 0.3) is 0 Å². The third-order valence-electron chi connectivity index (χ3n) is 3.69. The van der Waals surface area contributed by atoms with E-state index in [2.05, 4.69) is 25.8 Å². The van der Waals surface area contributed by atoms with E-state index in [0.717, 1.165) is 18.5 Å². The van der Waals surface area contributed by atoms with E-state index in [1.165, 1.54) is 13.4 Å². The van der Waals surface area contributed by atoms with Gasteiger partial charge in [-0.25, -0.2) is 19.7 Å². The van der Waals surface area contributed by atoms with Gasteiger partial charge in [-0.1, -0.05) is 23.8 Å². The maximum atomic E-state index is 11.0. The lowest BCUT2D eigenvalue weighted by Gasteiger charge is -2.23. The summed E-state index contributed by atoms with van der Waals surface area (Å²) in [6.07, 6.45) is 8.43. The largest absolute Gasteiger partial charge is 0.507 e. The van der Waals surface area contributed by atoms with Crippen molar-refractivity contribution in [3.05, 3.63) is 30.0 Å². The highest BCUT2D eigenvalue weighted by atomic mass is 35.5. The van der Waals surface area contributed by atoms with Crippen LogP contribution in [-0.4, -0.2) is 39.4 Å². The number of carbonyl (C=O) groups excluding carboxylic acids is 1. The third-order valence-corrected chi connectivity index (χ3v) is 3.97. The van der Waals surface area contributed by atoms with E-state index >= 15 is 0 Å². The standard InChI is InChI=1S/C14H15ClN4O3/c1-21-14(20)22-6-9-2-4-10(5-3-9)19-8-18-11-12(15)16-7-17-13(11)19/h2,4,7-10H,3,5-6H2,1H3/t9-,10+/m1/s1. The van der Waals surface area contributed by atoms with Crippen molar-refractivity contribution in [2.75, 3.05) is 13.7 Å². The summed E-state index contributed by atoms with van der Waals surface area (Å²) in [5.41, 5.74) is 1.33. The van der Waals surface area contributed by atoms with Gasteiger partial charge < -0.3 is 14.0 Å². The molecule has 0 aromatic carbocycles. The number of fused-ring (bicyclic) bond motifs is 1. The zero-order valence-electron chi connectivity index (χ0n) is 12.0. The van der Waals surface area contributed by atoms with Crippen LogP contribution in [-0.2, 0) is 9.47 Å². The number of hydrogen-bond acceptors (Lipinski definition) is 6. The first-order valence-electron chi connectivity index (χ1n) is 6.91. The van der Waals surface area contributed by atoms with Crippen molar-refractivity contribution >= 4 is 28.9 Å². The van der Waals surface area contributed by atoms with E-state index in [-0.39, 0.29) is 12.0 Å². The van der Waals surface area contributed by atoms with E-state index < -0.39 is 6.16 Å². The molecule has 0 N–H and O–H groups in total. The second-order valence-corrected chi connectivity index (χ2v) is 5.40. The minimum atomic E-state index is -0.650. The highest BCUT2D eigenvalue weighted by molar-refractivity contribution is 6.33. The molecule has 0 spiro atoms. The van der Waals surface area contributed by atoms with Gasteiger partial charge in [0.2, 0.25) is 0 Å². The molecule has 2 heterocycles. The van der Waals surface area contributed by atoms with Gasteiger partial charge in [0.05, 0.1) is 19.5 Å². The van der Waals surface area contributed by atoms with E-state index in [1.807, 2.05) is 10.6 Å². The Balaban J connectivity index is 1.72. The first-order valence-corrected chi connectivity index (χ1v) is 7.29. The number of hydrogen-bond donors (Lipinski definition) is 0. The number of halogens is 1. The molecule has 1 aliphatic carbocycles. The number of aromatic nitrogens is 4. The van der Waals surface area contributed by atoms with Gasteiger partial charge in [0.1, 0.15) is 18.5 Å². The van der Waals surface area contributed by atoms with E-state index in [9.17, 15) is 4.79 Å². The number of allylic oxidation sites excluding steroid dienone is 1. The van der Waals surface area contributed by atoms with Gasteiger partial charge in [-0.3, -0.25) is 0 Å². The van der Waals surface area contributed by atoms with E-state index in [4.69, 9.17) is 16.3 Å². The Morgan fingerprint density at radius 2 is 2.23 bits per heavy atom. The van der Waals surface area contributed by atoms with Crippen molar-refractivity contribution in [3.8, 4) is 0 Å². The van der Waals surface area contributed by atoms with E-state index in [0.29, 0.717) is 17.3 Å². The van der Waals surface area contributed by atoms with Crippen molar-refractivity contribution in [1.29, 1.82) is 0 Å². The molecule has 22 heavy (non-hydrogen) atoms. The summed E-state index contributed by atoms with van der Waals surface area (Å²) in [5, 5.41) is 0.355. The summed E-state index contributed by atoms with van der Waals surface area (Å²) in [6, 6.07) is 0.158. The highest BCUT2D eigenvalue weighted by Crippen LogP contribution is 2.29. The Hall–Kier alpha value is -2.15. The van der Waals surface area contributed by atoms with Crippen LogP contribution in [0.3, 0.4) is 0 Å². The van der Waals surface area contributed by atoms with Crippen LogP contribution in [0.4, 0.5) is 4.79 Å². The minimum Gasteiger partial charge on any atom is -0.438 e. The predicted molar refractivity (Wildman–Crippen MR) is 79.6 cm³/mol. The molecule has 2 aromatic heterocycles. The summed E-state index contributed by atoms with van der Waals surface area (Å²) in [5.74, 6) is 0.198. The molecule has 3 rings (SSSR count). The fourth-order valence-corrected chi connectivity index (χ4v) is 2.71. The topological polar surface area (TPSA) is 79.1 Å². The number of carbonyl (C=O) groups is 1. The van der Waals surface area contributed by atoms with Gasteiger partial charge in [-0.15, -0.1) is 0 Å². The molecule has 0 saturated carbocycles. The zero-order chi connectivity index (χ0) is 15.5. The average molecular weight is 323 g/mol. The second-order valence-electron chi connectivity index (χ2n) is 5.04. The molecule has 2 atom stereocenters. The Morgan fingerprint density at radius 3 is 2.95 bits per heavy atom. The van der Waals surface area contributed by atoms with Crippen molar-refractivity contribution < 1.29 is 14.3 Å². The monoisotopic (exact) mass is 322 g/mol. The fraction of sp³-hybridized carbons (Fsp3) is 0.429. The van der Waals surface area contributed by atoms with Crippen LogP contribution in [0.15, 0.2) is 24.8 Å². The van der Waals surface area contributed by atoms with Gasteiger partial charge in [-0.05, 0) is 12.8 Å². The summed E-state index contributed by atoms with van der Waals surface area (Å²) in [4.78, 5) is 23.4. The lowest BCUT2D eigenvalue weighted by Crippen LogP contribution is -2.18. The molecule has 0 unspecified atom stereocenters. The normalized spacial score (nSPS) is 21.0. The molecule has 0 amide bonds. The fourth-order valence-electron chi connectivity index (χ4n) is 2.53. The first-order chi connectivity index (χ1) is 10.7. The van der Waals surface area contributed by atoms with Crippen LogP contribution in [0.1, 0.15) is 18.9 Å². The van der Waals surface area contributed by atoms with Crippen LogP contribution in [0, 0.1) is 5.92 Å². The zero-order valence-corrected chi connectivity index (χ0v) is 12.7. The second kappa shape index (κ2) is 6.31. The molecule has 0 bridgehead atoms. The Kier molecular flexibility index (Phi) is 4.24. The highest BCUT2D eigenvalue weighted by Gasteiger charge is 2.21. The number of imidazole rings is 1. The average Bonchev–Trinajstić information content (AvgIpc) is 2.98. The predicted octanol–water partition coefficient (Wildman–Crippen LogP) is 2.77. The van der Waals surface area contributed by atoms with Gasteiger partial charge in [0, 0.05) is 5.92 Å². The summed E-state index contributed by atoms with van der Waals surface area (Å²) >= 11 is 6.01. The van der Waals surface area contributed by atoms with Gasteiger partial charge in [0.15, 0.2) is 10.8 Å². The summed E-state index contributed by atoms with van der Waals surface area (Å²) in [6.45, 7) is 0.328. The number of ether oxygens (including phenoxy) is 2. The molecule has 1 aliphatic rings. The summed E-state index contributed by atoms with van der Waals surface area (Å²) < 4.78 is 11.4. The Bertz CT molecular complexity index is 715. The number of nitrogens with zero attached hydrogens (tertiary/aromatic N) is 4. The van der Waals surface area contributed by atoms with Gasteiger partial charge in [-0.2, -0.15) is 0 Å². The van der Waals surface area contributed by atoms with Crippen molar-refractivity contribution in [3.63, 3.8) is 0 Å². The SMILES string of the molecule is COC(=O)OC[C@@H]1C=C[C@H](n2cnc3c(Cl)ncnc32)CC1. The molecule has 7 nitrogen and oxygen atoms in total. The lowest BCUT2D eigenvalue weighted by molar-refractivity contribution is 0.0630. The van der Waals surface area contributed by atoms with Crippen LogP contribution in [0.5, 0.6) is 0 Å². The molecule has 2 aromatic rings. The molecule has 0 radical (unpaired) electrons. The number of methoxy groups -OCH3 is 1. The van der Waals surface area contributed by atoms with Crippen LogP contribution in [0.25, 0.3) is 11.2 Å². The summed E-state index contributed by atoms with van der Waals surface area (Å²) in [7, 11) is 1.30. The van der Waals surface area contributed by atoms with Crippen molar-refractivity contribution in [2.45, 2.75) is 18.9 Å². The molecular weight excluding hydrogens is 308 g/mol. The van der Waals surface area contributed by atoms with Crippen LogP contribution in [0.2, 0.25) is 5.15 Å². The first kappa shape index (κ1) is 14.8. The molecule has 116 valence electrons. The lowest BCUT2D eigenvalue weighted by atomic mass is 9.93. The molecule has 0 saturated heterocycles. The Labute approximate surface area is 131 Å². The molecule has 0 fully saturated rings. The number of rotatable bonds is 3. The molecule has 8 heteroatoms. The minimum absolute atomic E-state index is 0.158. The maximum absolute atomic E-state index is 11.0. The van der Waals surface area contributed by atoms with Crippen LogP contribution >= 0.6 is 11.6 Å². The third kappa shape index (κ3) is 2.89.